The summed E-state index contributed by atoms with van der Waals surface area (Å²) in [5.41, 5.74) is 3.94. The average molecular weight is 161 g/mol. The van der Waals surface area contributed by atoms with Crippen molar-refractivity contribution < 1.29 is 0 Å². The van der Waals surface area contributed by atoms with Crippen LogP contribution in [0.1, 0.15) is 36.7 Å². The molecule has 0 radical (unpaired) electrons. The number of rotatable bonds is 0. The molecule has 64 valence electrons. The fourth-order valence-electron chi connectivity index (χ4n) is 1.97. The molecule has 0 saturated carbocycles. The predicted octanol–water partition coefficient (Wildman–Crippen LogP) is 2.69. The van der Waals surface area contributed by atoms with Gasteiger partial charge in [-0.15, -0.1) is 0 Å². The van der Waals surface area contributed by atoms with Gasteiger partial charge in [0.25, 0.3) is 0 Å². The fourth-order valence-corrected chi connectivity index (χ4v) is 1.97. The number of pyridine rings is 1. The van der Waals surface area contributed by atoms with Crippen LogP contribution in [0.2, 0.25) is 0 Å². The van der Waals surface area contributed by atoms with Crippen molar-refractivity contribution in [3.05, 3.63) is 29.1 Å². The van der Waals surface area contributed by atoms with Crippen LogP contribution in [0.15, 0.2) is 12.1 Å². The maximum atomic E-state index is 4.59. The number of hydrogen-bond donors (Lipinski definition) is 0. The van der Waals surface area contributed by atoms with Gasteiger partial charge in [-0.2, -0.15) is 0 Å². The SMILES string of the molecule is Cc1ccc2c(n1)[C@@H](C)[C@H](C)C2. The van der Waals surface area contributed by atoms with Gasteiger partial charge in [-0.05, 0) is 30.9 Å². The molecule has 0 unspecified atom stereocenters. The number of hydrogen-bond acceptors (Lipinski definition) is 1. The van der Waals surface area contributed by atoms with Crippen molar-refractivity contribution in [1.29, 1.82) is 0 Å². The van der Waals surface area contributed by atoms with Crippen molar-refractivity contribution >= 4 is 0 Å². The molecule has 1 aromatic heterocycles. The van der Waals surface area contributed by atoms with E-state index in [1.165, 1.54) is 17.7 Å². The second kappa shape index (κ2) is 2.58. The Kier molecular flexibility index (Phi) is 1.67. The largest absolute Gasteiger partial charge is 0.258 e. The quantitative estimate of drug-likeness (QED) is 0.570. The zero-order valence-corrected chi connectivity index (χ0v) is 7.96. The average Bonchev–Trinajstić information content (AvgIpc) is 2.31. The number of aryl methyl sites for hydroxylation is 1. The molecule has 2 atom stereocenters. The molecular weight excluding hydrogens is 146 g/mol. The third-order valence-electron chi connectivity index (χ3n) is 2.98. The smallest absolute Gasteiger partial charge is 0.0469 e. The first-order valence-corrected chi connectivity index (χ1v) is 4.65. The normalized spacial score (nSPS) is 27.2. The molecule has 0 aromatic carbocycles. The highest BCUT2D eigenvalue weighted by Gasteiger charge is 2.26. The van der Waals surface area contributed by atoms with Crippen LogP contribution < -0.4 is 0 Å². The van der Waals surface area contributed by atoms with E-state index in [9.17, 15) is 0 Å². The monoisotopic (exact) mass is 161 g/mol. The van der Waals surface area contributed by atoms with Crippen LogP contribution >= 0.6 is 0 Å². The van der Waals surface area contributed by atoms with E-state index in [1.807, 2.05) is 0 Å². The molecule has 0 fully saturated rings. The second-order valence-electron chi connectivity index (χ2n) is 3.97. The lowest BCUT2D eigenvalue weighted by Crippen LogP contribution is -1.99. The van der Waals surface area contributed by atoms with E-state index < -0.39 is 0 Å². The molecule has 1 nitrogen and oxygen atoms in total. The lowest BCUT2D eigenvalue weighted by atomic mass is 9.99. The van der Waals surface area contributed by atoms with Gasteiger partial charge >= 0.3 is 0 Å². The molecule has 0 bridgehead atoms. The summed E-state index contributed by atoms with van der Waals surface area (Å²) in [5, 5.41) is 0. The summed E-state index contributed by atoms with van der Waals surface area (Å²) in [5.74, 6) is 1.43. The van der Waals surface area contributed by atoms with Gasteiger partial charge in [0.2, 0.25) is 0 Å². The zero-order chi connectivity index (χ0) is 8.72. The number of fused-ring (bicyclic) bond motifs is 1. The molecule has 1 aliphatic carbocycles. The zero-order valence-electron chi connectivity index (χ0n) is 7.96. The first-order valence-electron chi connectivity index (χ1n) is 4.65. The van der Waals surface area contributed by atoms with Crippen LogP contribution in [0.4, 0.5) is 0 Å². The first-order chi connectivity index (χ1) is 5.68. The van der Waals surface area contributed by atoms with Crippen molar-refractivity contribution in [3.63, 3.8) is 0 Å². The Hall–Kier alpha value is -0.850. The van der Waals surface area contributed by atoms with Crippen molar-refractivity contribution in [2.75, 3.05) is 0 Å². The second-order valence-corrected chi connectivity index (χ2v) is 3.97. The van der Waals surface area contributed by atoms with Gasteiger partial charge in [0.1, 0.15) is 0 Å². The minimum Gasteiger partial charge on any atom is -0.258 e. The Morgan fingerprint density at radius 1 is 1.33 bits per heavy atom. The van der Waals surface area contributed by atoms with E-state index >= 15 is 0 Å². The summed E-state index contributed by atoms with van der Waals surface area (Å²) in [6.07, 6.45) is 1.21. The lowest BCUT2D eigenvalue weighted by molar-refractivity contribution is 0.525. The summed E-state index contributed by atoms with van der Waals surface area (Å²) in [6, 6.07) is 4.35. The Morgan fingerprint density at radius 3 is 2.83 bits per heavy atom. The van der Waals surface area contributed by atoms with Crippen molar-refractivity contribution in [1.82, 2.24) is 4.98 Å². The van der Waals surface area contributed by atoms with Crippen LogP contribution in [0.25, 0.3) is 0 Å². The highest BCUT2D eigenvalue weighted by molar-refractivity contribution is 5.31. The maximum Gasteiger partial charge on any atom is 0.0469 e. The molecule has 2 rings (SSSR count). The topological polar surface area (TPSA) is 12.9 Å². The molecule has 1 aliphatic rings. The molecule has 12 heavy (non-hydrogen) atoms. The summed E-state index contributed by atoms with van der Waals surface area (Å²) in [4.78, 5) is 4.59. The van der Waals surface area contributed by atoms with E-state index in [0.29, 0.717) is 5.92 Å². The van der Waals surface area contributed by atoms with Crippen molar-refractivity contribution in [2.45, 2.75) is 33.1 Å². The molecular formula is C11H15N. The summed E-state index contributed by atoms with van der Waals surface area (Å²) in [6.45, 7) is 6.65. The molecule has 0 saturated heterocycles. The van der Waals surface area contributed by atoms with Crippen LogP contribution in [-0.4, -0.2) is 4.98 Å². The number of aromatic nitrogens is 1. The van der Waals surface area contributed by atoms with Gasteiger partial charge in [0.15, 0.2) is 0 Å². The Labute approximate surface area is 73.8 Å². The predicted molar refractivity (Wildman–Crippen MR) is 50.3 cm³/mol. The van der Waals surface area contributed by atoms with Gasteiger partial charge in [-0.25, -0.2) is 0 Å². The first kappa shape index (κ1) is 7.78. The third-order valence-corrected chi connectivity index (χ3v) is 2.98. The van der Waals surface area contributed by atoms with Crippen molar-refractivity contribution in [3.8, 4) is 0 Å². The van der Waals surface area contributed by atoms with Gasteiger partial charge < -0.3 is 0 Å². The third kappa shape index (κ3) is 1.04. The molecule has 1 heteroatoms. The summed E-state index contributed by atoms with van der Waals surface area (Å²) < 4.78 is 0. The number of nitrogens with zero attached hydrogens (tertiary/aromatic N) is 1. The van der Waals surface area contributed by atoms with Gasteiger partial charge in [-0.1, -0.05) is 19.9 Å². The minimum atomic E-state index is 0.653. The Bertz CT molecular complexity index is 304. The van der Waals surface area contributed by atoms with Crippen LogP contribution in [0.3, 0.4) is 0 Å². The van der Waals surface area contributed by atoms with E-state index in [2.05, 4.69) is 37.9 Å². The van der Waals surface area contributed by atoms with Crippen LogP contribution in [0, 0.1) is 12.8 Å². The molecule has 1 heterocycles. The van der Waals surface area contributed by atoms with Crippen molar-refractivity contribution in [2.24, 2.45) is 5.92 Å². The molecule has 0 spiro atoms. The standard InChI is InChI=1S/C11H15N/c1-7-6-10-5-4-8(2)12-11(10)9(7)3/h4-5,7,9H,6H2,1-3H3/t7-,9+/m1/s1. The van der Waals surface area contributed by atoms with Gasteiger partial charge in [0, 0.05) is 17.3 Å². The maximum absolute atomic E-state index is 4.59. The minimum absolute atomic E-state index is 0.653. The van der Waals surface area contributed by atoms with E-state index in [0.717, 1.165) is 11.6 Å². The van der Waals surface area contributed by atoms with E-state index in [4.69, 9.17) is 0 Å². The van der Waals surface area contributed by atoms with E-state index in [-0.39, 0.29) is 0 Å². The van der Waals surface area contributed by atoms with Gasteiger partial charge in [-0.3, -0.25) is 4.98 Å². The highest BCUT2D eigenvalue weighted by atomic mass is 14.7. The summed E-state index contributed by atoms with van der Waals surface area (Å²) >= 11 is 0. The van der Waals surface area contributed by atoms with Crippen LogP contribution in [-0.2, 0) is 6.42 Å². The van der Waals surface area contributed by atoms with Gasteiger partial charge in [0.05, 0.1) is 0 Å². The summed E-state index contributed by atoms with van der Waals surface area (Å²) in [7, 11) is 0. The highest BCUT2D eigenvalue weighted by Crippen LogP contribution is 2.35. The fraction of sp³-hybridized carbons (Fsp3) is 0.545. The molecule has 0 aliphatic heterocycles. The lowest BCUT2D eigenvalue weighted by Gasteiger charge is -2.08. The molecule has 0 N–H and O–H groups in total. The Balaban J connectivity index is 2.48. The van der Waals surface area contributed by atoms with E-state index in [1.54, 1.807) is 0 Å². The molecule has 0 amide bonds. The Morgan fingerprint density at radius 2 is 2.08 bits per heavy atom. The van der Waals surface area contributed by atoms with Crippen LogP contribution in [0.5, 0.6) is 0 Å². The molecule has 1 aromatic rings.